The van der Waals surface area contributed by atoms with Crippen LogP contribution in [0.3, 0.4) is 0 Å². The lowest BCUT2D eigenvalue weighted by molar-refractivity contribution is -0.137. The highest BCUT2D eigenvalue weighted by Crippen LogP contribution is 2.35. The Hall–Kier alpha value is -2.97. The van der Waals surface area contributed by atoms with Crippen molar-refractivity contribution in [1.82, 2.24) is 9.88 Å². The number of hydrogen-bond donors (Lipinski definition) is 1. The molecule has 0 spiro atoms. The van der Waals surface area contributed by atoms with Crippen LogP contribution in [0.15, 0.2) is 36.5 Å². The van der Waals surface area contributed by atoms with E-state index in [0.717, 1.165) is 17.7 Å². The second-order valence-corrected chi connectivity index (χ2v) is 6.96. The van der Waals surface area contributed by atoms with Gasteiger partial charge in [0.25, 0.3) is 0 Å². The van der Waals surface area contributed by atoms with Gasteiger partial charge in [-0.1, -0.05) is 6.07 Å². The zero-order valence-electron chi connectivity index (χ0n) is 15.9. The molecular formula is C19H21F3N2O4. The van der Waals surface area contributed by atoms with E-state index in [4.69, 9.17) is 4.74 Å². The van der Waals surface area contributed by atoms with E-state index in [1.165, 1.54) is 30.5 Å². The number of benzene rings is 1. The van der Waals surface area contributed by atoms with Crippen LogP contribution in [-0.4, -0.2) is 29.3 Å². The summed E-state index contributed by atoms with van der Waals surface area (Å²) in [6.07, 6.45) is -4.06. The summed E-state index contributed by atoms with van der Waals surface area (Å²) in [7, 11) is 1.15. The maximum atomic E-state index is 13.6. The van der Waals surface area contributed by atoms with Crippen molar-refractivity contribution in [2.24, 2.45) is 0 Å². The normalized spacial score (nSPS) is 11.8. The lowest BCUT2D eigenvalue weighted by Crippen LogP contribution is -2.32. The van der Waals surface area contributed by atoms with Crippen molar-refractivity contribution >= 4 is 12.1 Å². The third kappa shape index (κ3) is 5.28. The monoisotopic (exact) mass is 398 g/mol. The van der Waals surface area contributed by atoms with Crippen LogP contribution in [0.25, 0.3) is 5.69 Å². The molecule has 0 aliphatic heterocycles. The van der Waals surface area contributed by atoms with Gasteiger partial charge in [0.1, 0.15) is 11.3 Å². The van der Waals surface area contributed by atoms with E-state index >= 15 is 0 Å². The summed E-state index contributed by atoms with van der Waals surface area (Å²) in [6, 6.07) is 6.41. The maximum absolute atomic E-state index is 13.6. The molecule has 2 aromatic rings. The summed E-state index contributed by atoms with van der Waals surface area (Å²) < 4.78 is 51.6. The Balaban J connectivity index is 2.34. The zero-order valence-corrected chi connectivity index (χ0v) is 15.9. The van der Waals surface area contributed by atoms with E-state index in [0.29, 0.717) is 0 Å². The number of nitrogens with zero attached hydrogens (tertiary/aromatic N) is 1. The van der Waals surface area contributed by atoms with E-state index in [1.54, 1.807) is 20.8 Å². The number of esters is 1. The van der Waals surface area contributed by atoms with E-state index < -0.39 is 29.4 Å². The Bertz CT molecular complexity index is 867. The number of nitrogens with one attached hydrogen (secondary N) is 1. The molecule has 1 heterocycles. The van der Waals surface area contributed by atoms with Gasteiger partial charge in [-0.15, -0.1) is 0 Å². The van der Waals surface area contributed by atoms with Gasteiger partial charge in [-0.25, -0.2) is 9.59 Å². The lowest BCUT2D eigenvalue weighted by Gasteiger charge is -2.20. The number of carbonyl (C=O) groups excluding carboxylic acids is 2. The summed E-state index contributed by atoms with van der Waals surface area (Å²) in [5.41, 5.74) is -1.69. The van der Waals surface area contributed by atoms with Crippen molar-refractivity contribution in [2.45, 2.75) is 39.1 Å². The molecule has 0 aliphatic carbocycles. The third-order valence-electron chi connectivity index (χ3n) is 3.60. The van der Waals surface area contributed by atoms with Gasteiger partial charge in [-0.3, -0.25) is 0 Å². The molecular weight excluding hydrogens is 377 g/mol. The molecule has 152 valence electrons. The topological polar surface area (TPSA) is 69.6 Å². The van der Waals surface area contributed by atoms with Crippen LogP contribution in [-0.2, 0) is 22.2 Å². The highest BCUT2D eigenvalue weighted by atomic mass is 19.4. The molecule has 2 rings (SSSR count). The average molecular weight is 398 g/mol. The standard InChI is InChI=1S/C19H21F3N2O4/c1-18(2,3)28-17(26)23-11-12-7-8-14(13(10-12)19(20,21)22)24-9-5-6-15(24)16(25)27-4/h5-10H,11H2,1-4H3,(H,23,26). The molecule has 9 heteroatoms. The first-order valence-electron chi connectivity index (χ1n) is 8.35. The van der Waals surface area contributed by atoms with E-state index in [9.17, 15) is 22.8 Å². The Morgan fingerprint density at radius 3 is 2.39 bits per heavy atom. The number of alkyl carbamates (subject to hydrolysis) is 1. The van der Waals surface area contributed by atoms with E-state index in [-0.39, 0.29) is 23.5 Å². The third-order valence-corrected chi connectivity index (χ3v) is 3.60. The molecule has 1 N–H and O–H groups in total. The predicted molar refractivity (Wildman–Crippen MR) is 95.2 cm³/mol. The fourth-order valence-electron chi connectivity index (χ4n) is 2.48. The minimum atomic E-state index is -4.67. The molecule has 0 aliphatic rings. The molecule has 1 aromatic heterocycles. The first-order valence-corrected chi connectivity index (χ1v) is 8.35. The number of halogens is 3. The molecule has 0 saturated heterocycles. The number of rotatable bonds is 4. The number of amides is 1. The van der Waals surface area contributed by atoms with Crippen molar-refractivity contribution in [3.8, 4) is 5.69 Å². The number of methoxy groups -OCH3 is 1. The minimum Gasteiger partial charge on any atom is -0.464 e. The van der Waals surface area contributed by atoms with Crippen LogP contribution in [0.5, 0.6) is 0 Å². The molecule has 0 saturated carbocycles. The second-order valence-electron chi connectivity index (χ2n) is 6.96. The molecule has 6 nitrogen and oxygen atoms in total. The zero-order chi connectivity index (χ0) is 21.1. The number of hydrogen-bond acceptors (Lipinski definition) is 4. The van der Waals surface area contributed by atoms with Crippen LogP contribution < -0.4 is 5.32 Å². The highest BCUT2D eigenvalue weighted by molar-refractivity contribution is 5.88. The van der Waals surface area contributed by atoms with E-state index in [2.05, 4.69) is 10.1 Å². The molecule has 0 bridgehead atoms. The molecule has 0 fully saturated rings. The Labute approximate surface area is 160 Å². The maximum Gasteiger partial charge on any atom is 0.418 e. The van der Waals surface area contributed by atoms with Gasteiger partial charge in [0.2, 0.25) is 0 Å². The fraction of sp³-hybridized carbons (Fsp3) is 0.368. The Kier molecular flexibility index (Phi) is 6.06. The van der Waals surface area contributed by atoms with Crippen LogP contribution in [0.4, 0.5) is 18.0 Å². The van der Waals surface area contributed by atoms with Gasteiger partial charge < -0.3 is 19.4 Å². The van der Waals surface area contributed by atoms with Crippen molar-refractivity contribution < 1.29 is 32.2 Å². The summed E-state index contributed by atoms with van der Waals surface area (Å²) >= 11 is 0. The number of aromatic nitrogens is 1. The predicted octanol–water partition coefficient (Wildman–Crippen LogP) is 4.31. The highest BCUT2D eigenvalue weighted by Gasteiger charge is 2.35. The molecule has 0 unspecified atom stereocenters. The number of carbonyl (C=O) groups is 2. The Morgan fingerprint density at radius 2 is 1.82 bits per heavy atom. The van der Waals surface area contributed by atoms with E-state index in [1.807, 2.05) is 0 Å². The minimum absolute atomic E-state index is 0.0346. The molecule has 0 radical (unpaired) electrons. The quantitative estimate of drug-likeness (QED) is 0.780. The first-order chi connectivity index (χ1) is 12.9. The van der Waals surface area contributed by atoms with Crippen molar-refractivity contribution in [3.05, 3.63) is 53.3 Å². The van der Waals surface area contributed by atoms with Gasteiger partial charge in [0, 0.05) is 12.7 Å². The smallest absolute Gasteiger partial charge is 0.418 e. The van der Waals surface area contributed by atoms with Crippen LogP contribution in [0.1, 0.15) is 42.4 Å². The van der Waals surface area contributed by atoms with Gasteiger partial charge in [0.05, 0.1) is 18.4 Å². The summed E-state index contributed by atoms with van der Waals surface area (Å²) in [4.78, 5) is 23.5. The molecule has 0 atom stereocenters. The average Bonchev–Trinajstić information content (AvgIpc) is 3.06. The second kappa shape index (κ2) is 7.95. The summed E-state index contributed by atoms with van der Waals surface area (Å²) in [6.45, 7) is 4.89. The molecule has 1 aromatic carbocycles. The summed E-state index contributed by atoms with van der Waals surface area (Å²) in [5, 5.41) is 2.42. The Morgan fingerprint density at radius 1 is 1.14 bits per heavy atom. The van der Waals surface area contributed by atoms with Crippen molar-refractivity contribution in [1.29, 1.82) is 0 Å². The van der Waals surface area contributed by atoms with Crippen LogP contribution >= 0.6 is 0 Å². The molecule has 1 amide bonds. The SMILES string of the molecule is COC(=O)c1cccn1-c1ccc(CNC(=O)OC(C)(C)C)cc1C(F)(F)F. The van der Waals surface area contributed by atoms with Crippen LogP contribution in [0.2, 0.25) is 0 Å². The summed E-state index contributed by atoms with van der Waals surface area (Å²) in [5.74, 6) is -0.756. The lowest BCUT2D eigenvalue weighted by atomic mass is 10.1. The van der Waals surface area contributed by atoms with Gasteiger partial charge in [-0.05, 0) is 50.6 Å². The largest absolute Gasteiger partial charge is 0.464 e. The van der Waals surface area contributed by atoms with Gasteiger partial charge in [-0.2, -0.15) is 13.2 Å². The fourth-order valence-corrected chi connectivity index (χ4v) is 2.48. The molecule has 28 heavy (non-hydrogen) atoms. The van der Waals surface area contributed by atoms with Crippen LogP contribution in [0, 0.1) is 0 Å². The number of alkyl halides is 3. The van der Waals surface area contributed by atoms with Crippen molar-refractivity contribution in [3.63, 3.8) is 0 Å². The van der Waals surface area contributed by atoms with Gasteiger partial charge in [0.15, 0.2) is 0 Å². The van der Waals surface area contributed by atoms with Gasteiger partial charge >= 0.3 is 18.2 Å². The first kappa shape index (κ1) is 21.3. The number of ether oxygens (including phenoxy) is 2. The van der Waals surface area contributed by atoms with Crippen molar-refractivity contribution in [2.75, 3.05) is 7.11 Å².